The molecular formula is C38H34FN5O6. The molecule has 50 heavy (non-hydrogen) atoms. The van der Waals surface area contributed by atoms with Gasteiger partial charge in [0.05, 0.1) is 27.2 Å². The number of carbonyl (C=O) groups excluding carboxylic acids is 1. The molecule has 0 aliphatic carbocycles. The number of hydrogen-bond acceptors (Lipinski definition) is 9. The van der Waals surface area contributed by atoms with Crippen LogP contribution in [0, 0.1) is 0 Å². The molecule has 1 fully saturated rings. The fraction of sp³-hybridized carbons (Fsp3) is 0.211. The third-order valence-electron chi connectivity index (χ3n) is 8.83. The highest BCUT2D eigenvalue weighted by Crippen LogP contribution is 2.47. The van der Waals surface area contributed by atoms with E-state index < -0.39 is 36.8 Å². The second-order valence-electron chi connectivity index (χ2n) is 11.6. The van der Waals surface area contributed by atoms with Crippen LogP contribution in [0.4, 0.5) is 10.2 Å². The maximum absolute atomic E-state index is 16.7. The molecule has 1 saturated heterocycles. The third kappa shape index (κ3) is 5.93. The Bertz CT molecular complexity index is 2010. The zero-order chi connectivity index (χ0) is 34.7. The summed E-state index contributed by atoms with van der Waals surface area (Å²) in [6.07, 6.45) is -2.71. The predicted octanol–water partition coefficient (Wildman–Crippen LogP) is 5.70. The zero-order valence-corrected chi connectivity index (χ0v) is 27.2. The summed E-state index contributed by atoms with van der Waals surface area (Å²) in [6.45, 7) is -0.596. The van der Waals surface area contributed by atoms with Crippen LogP contribution in [0.1, 0.15) is 33.3 Å². The summed E-state index contributed by atoms with van der Waals surface area (Å²) in [6, 6.07) is 33.0. The highest BCUT2D eigenvalue weighted by molar-refractivity contribution is 6.06. The van der Waals surface area contributed by atoms with E-state index in [1.165, 1.54) is 12.7 Å². The van der Waals surface area contributed by atoms with E-state index in [1.807, 2.05) is 84.9 Å². The number of ether oxygens (including phenoxy) is 4. The largest absolute Gasteiger partial charge is 0.497 e. The van der Waals surface area contributed by atoms with Gasteiger partial charge in [-0.3, -0.25) is 9.36 Å². The lowest BCUT2D eigenvalue weighted by atomic mass is 9.79. The van der Waals surface area contributed by atoms with E-state index in [0.717, 1.165) is 5.56 Å². The molecule has 1 aliphatic rings. The van der Waals surface area contributed by atoms with Crippen molar-refractivity contribution in [3.8, 4) is 11.5 Å². The summed E-state index contributed by atoms with van der Waals surface area (Å²) in [4.78, 5) is 26.2. The number of alkyl halides is 1. The number of anilines is 1. The van der Waals surface area contributed by atoms with Crippen molar-refractivity contribution >= 4 is 22.9 Å². The summed E-state index contributed by atoms with van der Waals surface area (Å²) >= 11 is 0. The van der Waals surface area contributed by atoms with Gasteiger partial charge in [0.1, 0.15) is 35.6 Å². The Morgan fingerprint density at radius 2 is 1.42 bits per heavy atom. The Morgan fingerprint density at radius 1 is 0.840 bits per heavy atom. The first kappa shape index (κ1) is 32.8. The molecule has 0 unspecified atom stereocenters. The molecule has 4 aromatic carbocycles. The van der Waals surface area contributed by atoms with Crippen LogP contribution in [0.5, 0.6) is 11.5 Å². The maximum atomic E-state index is 16.7. The molecule has 3 heterocycles. The maximum Gasteiger partial charge on any atom is 0.256 e. The Labute approximate surface area is 287 Å². The number of aliphatic hydroxyl groups excluding tert-OH is 1. The van der Waals surface area contributed by atoms with Gasteiger partial charge < -0.3 is 29.4 Å². The lowest BCUT2D eigenvalue weighted by Crippen LogP contribution is -2.42. The van der Waals surface area contributed by atoms with Crippen molar-refractivity contribution in [2.75, 3.05) is 26.1 Å². The van der Waals surface area contributed by atoms with E-state index >= 15 is 4.39 Å². The minimum Gasteiger partial charge on any atom is -0.497 e. The number of imidazole rings is 1. The molecular weight excluding hydrogens is 641 g/mol. The van der Waals surface area contributed by atoms with Crippen molar-refractivity contribution in [2.24, 2.45) is 0 Å². The first-order valence-corrected chi connectivity index (χ1v) is 15.9. The number of nitrogens with zero attached hydrogens (tertiary/aromatic N) is 4. The number of carbonyl (C=O) groups is 1. The Balaban J connectivity index is 1.35. The molecule has 1 amide bonds. The van der Waals surface area contributed by atoms with Crippen molar-refractivity contribution in [2.45, 2.75) is 30.2 Å². The van der Waals surface area contributed by atoms with Gasteiger partial charge in [0.25, 0.3) is 5.91 Å². The number of hydrogen-bond donors (Lipinski definition) is 2. The molecule has 6 aromatic rings. The fourth-order valence-corrected chi connectivity index (χ4v) is 6.32. The molecule has 254 valence electrons. The summed E-state index contributed by atoms with van der Waals surface area (Å²) in [5, 5.41) is 13.0. The number of aliphatic hydroxyl groups is 1. The Morgan fingerprint density at radius 3 is 2.00 bits per heavy atom. The molecule has 2 aromatic heterocycles. The van der Waals surface area contributed by atoms with Crippen LogP contribution >= 0.6 is 0 Å². The van der Waals surface area contributed by atoms with Crippen LogP contribution in [0.3, 0.4) is 0 Å². The molecule has 11 nitrogen and oxygen atoms in total. The number of aromatic nitrogens is 4. The average Bonchev–Trinajstić information content (AvgIpc) is 3.75. The van der Waals surface area contributed by atoms with Crippen LogP contribution in [-0.4, -0.2) is 69.7 Å². The van der Waals surface area contributed by atoms with Crippen molar-refractivity contribution in [3.63, 3.8) is 0 Å². The number of nitrogens with one attached hydrogen (secondary N) is 1. The number of rotatable bonds is 11. The summed E-state index contributed by atoms with van der Waals surface area (Å²) in [5.41, 5.74) is 1.69. The monoisotopic (exact) mass is 675 g/mol. The number of fused-ring (bicyclic) bond motifs is 1. The SMILES string of the molecule is COc1ccc(C(O[C@@H]2[C@@H](F)[C@@H](CO)O[C@H]2n2cnc3c(NC(=O)c4ccccc4)ncnc32)(c2ccccc2)c2ccc(OC)cc2)cc1. The van der Waals surface area contributed by atoms with Gasteiger partial charge >= 0.3 is 0 Å². The van der Waals surface area contributed by atoms with Crippen molar-refractivity contribution < 1.29 is 33.2 Å². The summed E-state index contributed by atoms with van der Waals surface area (Å²) < 4.78 is 42.4. The van der Waals surface area contributed by atoms with E-state index in [2.05, 4.69) is 20.3 Å². The molecule has 0 bridgehead atoms. The van der Waals surface area contributed by atoms with E-state index in [4.69, 9.17) is 18.9 Å². The number of methoxy groups -OCH3 is 2. The van der Waals surface area contributed by atoms with E-state index in [1.54, 1.807) is 43.1 Å². The van der Waals surface area contributed by atoms with Crippen molar-refractivity contribution in [1.29, 1.82) is 0 Å². The van der Waals surface area contributed by atoms with Crippen LogP contribution in [0.2, 0.25) is 0 Å². The van der Waals surface area contributed by atoms with E-state index in [-0.39, 0.29) is 22.9 Å². The second-order valence-corrected chi connectivity index (χ2v) is 11.6. The first-order chi connectivity index (χ1) is 24.5. The molecule has 7 rings (SSSR count). The summed E-state index contributed by atoms with van der Waals surface area (Å²) in [5.74, 6) is 1.06. The molecule has 0 radical (unpaired) electrons. The number of amides is 1. The van der Waals surface area contributed by atoms with Gasteiger partial charge in [-0.1, -0.05) is 72.8 Å². The highest BCUT2D eigenvalue weighted by Gasteiger charge is 2.52. The lowest BCUT2D eigenvalue weighted by Gasteiger charge is -2.39. The van der Waals surface area contributed by atoms with Crippen molar-refractivity contribution in [1.82, 2.24) is 19.5 Å². The highest BCUT2D eigenvalue weighted by atomic mass is 19.1. The quantitative estimate of drug-likeness (QED) is 0.166. The normalized spacial score (nSPS) is 19.0. The molecule has 1 aliphatic heterocycles. The van der Waals surface area contributed by atoms with Crippen LogP contribution in [0.25, 0.3) is 11.2 Å². The first-order valence-electron chi connectivity index (χ1n) is 15.9. The van der Waals surface area contributed by atoms with Gasteiger partial charge in [0.15, 0.2) is 29.4 Å². The fourth-order valence-electron chi connectivity index (χ4n) is 6.32. The van der Waals surface area contributed by atoms with Gasteiger partial charge in [0.2, 0.25) is 0 Å². The van der Waals surface area contributed by atoms with E-state index in [9.17, 15) is 9.90 Å². The predicted molar refractivity (Wildman–Crippen MR) is 183 cm³/mol. The molecule has 0 saturated carbocycles. The minimum absolute atomic E-state index is 0.170. The molecule has 12 heteroatoms. The standard InChI is InChI=1S/C38H34FN5O6/c1-47-28-17-13-26(14-18-28)38(25-11-7-4-8-12-25,27-15-19-29(48-2)20-16-27)50-33-31(39)30(21-45)49-37(33)44-23-42-32-34(40-22-41-35(32)44)43-36(46)24-9-5-3-6-10-24/h3-20,22-23,30-31,33,37,45H,21H2,1-2H3,(H,40,41,43,46)/t30-,31+,33-,37-/m1/s1. The molecule has 4 atom stereocenters. The molecule has 2 N–H and O–H groups in total. The minimum atomic E-state index is -1.78. The Hall–Kier alpha value is -5.69. The van der Waals surface area contributed by atoms with Gasteiger partial charge in [0, 0.05) is 5.56 Å². The Kier molecular flexibility index (Phi) is 9.22. The smallest absolute Gasteiger partial charge is 0.256 e. The van der Waals surface area contributed by atoms with Crippen LogP contribution < -0.4 is 14.8 Å². The average molecular weight is 676 g/mol. The van der Waals surface area contributed by atoms with Crippen molar-refractivity contribution in [3.05, 3.63) is 144 Å². The van der Waals surface area contributed by atoms with Gasteiger partial charge in [-0.2, -0.15) is 0 Å². The van der Waals surface area contributed by atoms with Crippen LogP contribution in [-0.2, 0) is 15.1 Å². The van der Waals surface area contributed by atoms with Crippen LogP contribution in [0.15, 0.2) is 122 Å². The van der Waals surface area contributed by atoms with Gasteiger partial charge in [-0.25, -0.2) is 19.3 Å². The summed E-state index contributed by atoms with van der Waals surface area (Å²) in [7, 11) is 3.17. The number of halogens is 1. The number of benzene rings is 4. The topological polar surface area (TPSA) is 130 Å². The van der Waals surface area contributed by atoms with Gasteiger partial charge in [-0.15, -0.1) is 0 Å². The third-order valence-corrected chi connectivity index (χ3v) is 8.83. The second kappa shape index (κ2) is 14.0. The van der Waals surface area contributed by atoms with Gasteiger partial charge in [-0.05, 0) is 53.1 Å². The van der Waals surface area contributed by atoms with E-state index in [0.29, 0.717) is 28.2 Å². The molecule has 0 spiro atoms. The lowest BCUT2D eigenvalue weighted by molar-refractivity contribution is -0.115. The zero-order valence-electron chi connectivity index (χ0n) is 27.2.